The number of carbonyl (C=O) groups is 1. The molecule has 1 unspecified atom stereocenters. The molecule has 4 rings (SSSR count). The molecule has 3 heteroatoms. The van der Waals surface area contributed by atoms with Gasteiger partial charge in [0.2, 0.25) is 0 Å². The van der Waals surface area contributed by atoms with Crippen molar-refractivity contribution in [3.63, 3.8) is 0 Å². The largest absolute Gasteiger partial charge is 0.291 e. The Hall–Kier alpha value is -3.46. The highest BCUT2D eigenvalue weighted by molar-refractivity contribution is 6.00. The molecule has 1 heterocycles. The first-order valence-electron chi connectivity index (χ1n) is 9.45. The van der Waals surface area contributed by atoms with Crippen LogP contribution in [-0.4, -0.2) is 15.6 Å². The second-order valence-corrected chi connectivity index (χ2v) is 6.93. The van der Waals surface area contributed by atoms with Crippen molar-refractivity contribution < 1.29 is 4.79 Å². The Morgan fingerprint density at radius 1 is 0.857 bits per heavy atom. The van der Waals surface area contributed by atoms with Crippen LogP contribution >= 0.6 is 0 Å². The summed E-state index contributed by atoms with van der Waals surface area (Å²) in [4.78, 5) is 13.4. The van der Waals surface area contributed by atoms with Crippen LogP contribution in [0, 0.1) is 6.92 Å². The molecule has 0 saturated carbocycles. The molecule has 3 nitrogen and oxygen atoms in total. The molecule has 0 aliphatic heterocycles. The molecule has 0 N–H and O–H groups in total. The third-order valence-electron chi connectivity index (χ3n) is 4.94. The molecule has 4 aromatic rings. The summed E-state index contributed by atoms with van der Waals surface area (Å²) >= 11 is 0. The number of ketones is 1. The van der Waals surface area contributed by atoms with E-state index in [1.165, 1.54) is 5.56 Å². The van der Waals surface area contributed by atoms with Crippen LogP contribution in [0.15, 0.2) is 97.2 Å². The summed E-state index contributed by atoms with van der Waals surface area (Å²) < 4.78 is 1.82. The molecule has 0 saturated heterocycles. The minimum absolute atomic E-state index is 0.0422. The third-order valence-corrected chi connectivity index (χ3v) is 4.94. The summed E-state index contributed by atoms with van der Waals surface area (Å²) in [5, 5.41) is 4.73. The van der Waals surface area contributed by atoms with Gasteiger partial charge in [-0.2, -0.15) is 5.10 Å². The molecule has 0 aliphatic rings. The van der Waals surface area contributed by atoms with Gasteiger partial charge in [-0.05, 0) is 23.6 Å². The first-order chi connectivity index (χ1) is 13.7. The van der Waals surface area contributed by atoms with Crippen molar-refractivity contribution in [2.24, 2.45) is 0 Å². The van der Waals surface area contributed by atoms with E-state index in [0.717, 1.165) is 23.2 Å². The van der Waals surface area contributed by atoms with Gasteiger partial charge in [0.1, 0.15) is 6.04 Å². The normalized spacial score (nSPS) is 11.9. The Labute approximate surface area is 165 Å². The molecular weight excluding hydrogens is 344 g/mol. The summed E-state index contributed by atoms with van der Waals surface area (Å²) in [5.74, 6) is 0.0422. The monoisotopic (exact) mass is 366 g/mol. The quantitative estimate of drug-likeness (QED) is 0.437. The fraction of sp³-hybridized carbons (Fsp3) is 0.120. The van der Waals surface area contributed by atoms with E-state index in [0.29, 0.717) is 5.56 Å². The van der Waals surface area contributed by atoms with Crippen LogP contribution in [0.3, 0.4) is 0 Å². The summed E-state index contributed by atoms with van der Waals surface area (Å²) in [7, 11) is 0. The van der Waals surface area contributed by atoms with Crippen molar-refractivity contribution in [2.45, 2.75) is 19.4 Å². The maximum atomic E-state index is 13.4. The molecule has 0 fully saturated rings. The van der Waals surface area contributed by atoms with E-state index in [4.69, 9.17) is 5.10 Å². The Morgan fingerprint density at radius 3 is 2.07 bits per heavy atom. The van der Waals surface area contributed by atoms with Crippen molar-refractivity contribution >= 4 is 5.78 Å². The number of carbonyl (C=O) groups excluding carboxylic acids is 1. The van der Waals surface area contributed by atoms with Gasteiger partial charge in [0, 0.05) is 18.2 Å². The second-order valence-electron chi connectivity index (χ2n) is 6.93. The van der Waals surface area contributed by atoms with Gasteiger partial charge >= 0.3 is 0 Å². The Kier molecular flexibility index (Phi) is 5.16. The van der Waals surface area contributed by atoms with Crippen LogP contribution in [0.2, 0.25) is 0 Å². The second kappa shape index (κ2) is 8.05. The van der Waals surface area contributed by atoms with Gasteiger partial charge in [0.25, 0.3) is 0 Å². The first kappa shape index (κ1) is 17.9. The van der Waals surface area contributed by atoms with E-state index < -0.39 is 6.04 Å². The van der Waals surface area contributed by atoms with Crippen LogP contribution < -0.4 is 0 Å². The van der Waals surface area contributed by atoms with Gasteiger partial charge in [-0.15, -0.1) is 0 Å². The van der Waals surface area contributed by atoms with E-state index in [1.54, 1.807) is 0 Å². The maximum Gasteiger partial charge on any atom is 0.191 e. The van der Waals surface area contributed by atoms with Gasteiger partial charge < -0.3 is 0 Å². The lowest BCUT2D eigenvalue weighted by molar-refractivity contribution is 0.0939. The molecule has 3 aromatic carbocycles. The summed E-state index contributed by atoms with van der Waals surface area (Å²) in [5.41, 5.74) is 4.94. The molecule has 0 radical (unpaired) electrons. The number of nitrogens with zero attached hydrogens (tertiary/aromatic N) is 2. The number of hydrogen-bond acceptors (Lipinski definition) is 2. The van der Waals surface area contributed by atoms with Gasteiger partial charge in [0.15, 0.2) is 5.78 Å². The van der Waals surface area contributed by atoms with Crippen LogP contribution in [0.1, 0.15) is 38.8 Å². The molecule has 1 atom stereocenters. The highest BCUT2D eigenvalue weighted by Gasteiger charge is 2.25. The van der Waals surface area contributed by atoms with E-state index in [2.05, 4.69) is 12.1 Å². The van der Waals surface area contributed by atoms with E-state index in [-0.39, 0.29) is 5.78 Å². The van der Waals surface area contributed by atoms with E-state index >= 15 is 0 Å². The predicted octanol–water partition coefficient (Wildman–Crippen LogP) is 5.25. The summed E-state index contributed by atoms with van der Waals surface area (Å²) in [6.07, 6.45) is 2.81. The zero-order chi connectivity index (χ0) is 19.3. The lowest BCUT2D eigenvalue weighted by Gasteiger charge is -2.17. The molecule has 0 amide bonds. The molecule has 138 valence electrons. The zero-order valence-corrected chi connectivity index (χ0v) is 15.8. The zero-order valence-electron chi connectivity index (χ0n) is 15.8. The molecule has 1 aromatic heterocycles. The number of rotatable bonds is 6. The van der Waals surface area contributed by atoms with Crippen molar-refractivity contribution in [1.29, 1.82) is 0 Å². The van der Waals surface area contributed by atoms with Gasteiger partial charge in [-0.1, -0.05) is 91.0 Å². The van der Waals surface area contributed by atoms with Crippen LogP contribution in [0.5, 0.6) is 0 Å². The van der Waals surface area contributed by atoms with Gasteiger partial charge in [-0.3, -0.25) is 9.48 Å². The van der Waals surface area contributed by atoms with Gasteiger partial charge in [-0.25, -0.2) is 0 Å². The van der Waals surface area contributed by atoms with Gasteiger partial charge in [0.05, 0.1) is 5.69 Å². The van der Waals surface area contributed by atoms with Crippen LogP contribution in [-0.2, 0) is 6.42 Å². The maximum absolute atomic E-state index is 13.4. The average Bonchev–Trinajstić information content (AvgIpc) is 3.10. The Bertz CT molecular complexity index is 1050. The Morgan fingerprint density at radius 2 is 1.43 bits per heavy atom. The highest BCUT2D eigenvalue weighted by atomic mass is 16.1. The van der Waals surface area contributed by atoms with Crippen LogP contribution in [0.25, 0.3) is 0 Å². The fourth-order valence-electron chi connectivity index (χ4n) is 3.46. The standard InChI is InChI=1S/C25H22N2O/c1-19-23(17-20-11-5-2-6-12-20)18-27(26-19)24(21-13-7-3-8-14-21)25(28)22-15-9-4-10-16-22/h2-16,18,24H,17H2,1H3. The van der Waals surface area contributed by atoms with Crippen molar-refractivity contribution in [3.05, 3.63) is 125 Å². The number of Topliss-reactive ketones (excluding diaryl/α,β-unsaturated/α-hetero) is 1. The smallest absolute Gasteiger partial charge is 0.191 e. The number of benzene rings is 3. The number of aryl methyl sites for hydroxylation is 1. The summed E-state index contributed by atoms with van der Waals surface area (Å²) in [6.45, 7) is 2.00. The topological polar surface area (TPSA) is 34.9 Å². The van der Waals surface area contributed by atoms with Crippen LogP contribution in [0.4, 0.5) is 0 Å². The SMILES string of the molecule is Cc1nn(C(C(=O)c2ccccc2)c2ccccc2)cc1Cc1ccccc1. The number of hydrogen-bond donors (Lipinski definition) is 0. The lowest BCUT2D eigenvalue weighted by atomic mass is 9.97. The summed E-state index contributed by atoms with van der Waals surface area (Å²) in [6, 6.07) is 29.1. The lowest BCUT2D eigenvalue weighted by Crippen LogP contribution is -2.21. The number of aromatic nitrogens is 2. The molecular formula is C25H22N2O. The minimum atomic E-state index is -0.480. The third kappa shape index (κ3) is 3.79. The highest BCUT2D eigenvalue weighted by Crippen LogP contribution is 2.25. The molecule has 0 spiro atoms. The fourth-order valence-corrected chi connectivity index (χ4v) is 3.46. The van der Waals surface area contributed by atoms with Crippen molar-refractivity contribution in [3.8, 4) is 0 Å². The minimum Gasteiger partial charge on any atom is -0.291 e. The molecule has 0 aliphatic carbocycles. The van der Waals surface area contributed by atoms with E-state index in [1.807, 2.05) is 96.7 Å². The average molecular weight is 366 g/mol. The molecule has 28 heavy (non-hydrogen) atoms. The van der Waals surface area contributed by atoms with Crippen molar-refractivity contribution in [1.82, 2.24) is 9.78 Å². The Balaban J connectivity index is 1.73. The van der Waals surface area contributed by atoms with Crippen molar-refractivity contribution in [2.75, 3.05) is 0 Å². The van der Waals surface area contributed by atoms with E-state index in [9.17, 15) is 4.79 Å². The first-order valence-corrected chi connectivity index (χ1v) is 9.45. The predicted molar refractivity (Wildman–Crippen MR) is 112 cm³/mol. The molecule has 0 bridgehead atoms.